The lowest BCUT2D eigenvalue weighted by Gasteiger charge is -2.08. The van der Waals surface area contributed by atoms with Gasteiger partial charge in [-0.15, -0.1) is 0 Å². The first-order valence-corrected chi connectivity index (χ1v) is 6.97. The molecule has 22 heavy (non-hydrogen) atoms. The Bertz CT molecular complexity index is 682. The second-order valence-electron chi connectivity index (χ2n) is 5.13. The maximum atomic E-state index is 13.1. The van der Waals surface area contributed by atoms with E-state index in [0.29, 0.717) is 12.2 Å². The van der Waals surface area contributed by atoms with E-state index in [0.717, 1.165) is 25.5 Å². The molecule has 0 saturated carbocycles. The molecule has 1 aromatic carbocycles. The first-order chi connectivity index (χ1) is 10.6. The van der Waals surface area contributed by atoms with Crippen LogP contribution in [-0.4, -0.2) is 27.4 Å². The second-order valence-corrected chi connectivity index (χ2v) is 5.13. The minimum atomic E-state index is -0.647. The third-order valence-electron chi connectivity index (χ3n) is 3.48. The van der Waals surface area contributed by atoms with Gasteiger partial charge in [-0.3, -0.25) is 14.8 Å². The van der Waals surface area contributed by atoms with Gasteiger partial charge in [-0.25, -0.2) is 4.39 Å². The minimum Gasteiger partial charge on any atom is -0.376 e. The summed E-state index contributed by atoms with van der Waals surface area (Å²) in [5.41, 5.74) is 0.516. The molecule has 1 saturated heterocycles. The molecule has 2 heterocycles. The average Bonchev–Trinajstić information content (AvgIpc) is 3.13. The van der Waals surface area contributed by atoms with Crippen LogP contribution in [0.15, 0.2) is 30.6 Å². The number of anilines is 2. The Morgan fingerprint density at radius 3 is 3.14 bits per heavy atom. The van der Waals surface area contributed by atoms with E-state index in [-0.39, 0.29) is 17.5 Å². The van der Waals surface area contributed by atoms with E-state index in [2.05, 4.69) is 10.4 Å². The van der Waals surface area contributed by atoms with Crippen molar-refractivity contribution in [3.8, 4) is 0 Å². The number of halogens is 1. The summed E-state index contributed by atoms with van der Waals surface area (Å²) in [6, 6.07) is 3.40. The zero-order valence-corrected chi connectivity index (χ0v) is 11.7. The number of ether oxygens (including phenoxy) is 1. The summed E-state index contributed by atoms with van der Waals surface area (Å²) in [6.07, 6.45) is 5.54. The van der Waals surface area contributed by atoms with Gasteiger partial charge in [-0.2, -0.15) is 5.10 Å². The number of nitrogens with one attached hydrogen (secondary N) is 1. The minimum absolute atomic E-state index is 0.160. The van der Waals surface area contributed by atoms with Crippen molar-refractivity contribution in [2.45, 2.75) is 25.5 Å². The van der Waals surface area contributed by atoms with Crippen LogP contribution in [0, 0.1) is 15.9 Å². The molecule has 1 aliphatic rings. The Balaban J connectivity index is 1.73. The molecular weight excluding hydrogens is 291 g/mol. The molecule has 0 bridgehead atoms. The second kappa shape index (κ2) is 6.10. The monoisotopic (exact) mass is 306 g/mol. The third kappa shape index (κ3) is 3.22. The number of hydrogen-bond donors (Lipinski definition) is 1. The third-order valence-corrected chi connectivity index (χ3v) is 3.48. The quantitative estimate of drug-likeness (QED) is 0.678. The van der Waals surface area contributed by atoms with Crippen molar-refractivity contribution >= 4 is 17.1 Å². The van der Waals surface area contributed by atoms with Gasteiger partial charge in [-0.05, 0) is 25.0 Å². The molecule has 3 rings (SSSR count). The van der Waals surface area contributed by atoms with Gasteiger partial charge in [-0.1, -0.05) is 0 Å². The molecule has 1 aliphatic heterocycles. The molecule has 116 valence electrons. The predicted octanol–water partition coefficient (Wildman–Crippen LogP) is 2.85. The highest BCUT2D eigenvalue weighted by molar-refractivity contribution is 5.68. The number of nitrogens with zero attached hydrogens (tertiary/aromatic N) is 3. The molecule has 0 aliphatic carbocycles. The first-order valence-electron chi connectivity index (χ1n) is 6.97. The summed E-state index contributed by atoms with van der Waals surface area (Å²) in [5.74, 6) is -0.647. The maximum absolute atomic E-state index is 13.1. The molecule has 1 unspecified atom stereocenters. The van der Waals surface area contributed by atoms with Crippen molar-refractivity contribution < 1.29 is 14.1 Å². The van der Waals surface area contributed by atoms with Crippen LogP contribution in [0.2, 0.25) is 0 Å². The van der Waals surface area contributed by atoms with Gasteiger partial charge in [0.25, 0.3) is 5.69 Å². The van der Waals surface area contributed by atoms with Gasteiger partial charge in [0.1, 0.15) is 11.5 Å². The van der Waals surface area contributed by atoms with Crippen LogP contribution in [0.3, 0.4) is 0 Å². The summed E-state index contributed by atoms with van der Waals surface area (Å²) >= 11 is 0. The Morgan fingerprint density at radius 2 is 2.41 bits per heavy atom. The zero-order chi connectivity index (χ0) is 15.5. The van der Waals surface area contributed by atoms with Crippen LogP contribution in [0.25, 0.3) is 0 Å². The van der Waals surface area contributed by atoms with E-state index in [9.17, 15) is 14.5 Å². The van der Waals surface area contributed by atoms with Crippen molar-refractivity contribution in [3.63, 3.8) is 0 Å². The number of nitro groups is 1. The standard InChI is InChI=1S/C14H15FN4O3/c15-10-3-4-13(14(6-10)19(20)21)17-11-7-16-18(8-11)9-12-2-1-5-22-12/h3-4,6-8,12,17H,1-2,5,9H2. The van der Waals surface area contributed by atoms with Crippen molar-refractivity contribution in [2.24, 2.45) is 0 Å². The van der Waals surface area contributed by atoms with Gasteiger partial charge in [0.05, 0.1) is 35.5 Å². The molecule has 1 aromatic heterocycles. The van der Waals surface area contributed by atoms with Crippen LogP contribution >= 0.6 is 0 Å². The molecule has 7 nitrogen and oxygen atoms in total. The molecule has 1 fully saturated rings. The highest BCUT2D eigenvalue weighted by Gasteiger charge is 2.18. The number of rotatable bonds is 5. The fourth-order valence-corrected chi connectivity index (χ4v) is 2.44. The summed E-state index contributed by atoms with van der Waals surface area (Å²) < 4.78 is 20.4. The average molecular weight is 306 g/mol. The Morgan fingerprint density at radius 1 is 1.55 bits per heavy atom. The molecule has 0 spiro atoms. The molecular formula is C14H15FN4O3. The topological polar surface area (TPSA) is 82.2 Å². The van der Waals surface area contributed by atoms with E-state index in [1.807, 2.05) is 0 Å². The van der Waals surface area contributed by atoms with Crippen LogP contribution in [0.5, 0.6) is 0 Å². The summed E-state index contributed by atoms with van der Waals surface area (Å²) in [6.45, 7) is 1.42. The van der Waals surface area contributed by atoms with Crippen LogP contribution in [0.4, 0.5) is 21.5 Å². The highest BCUT2D eigenvalue weighted by Crippen LogP contribution is 2.28. The first kappa shape index (κ1) is 14.5. The SMILES string of the molecule is O=[N+]([O-])c1cc(F)ccc1Nc1cnn(CC2CCCO2)c1. The van der Waals surface area contributed by atoms with E-state index >= 15 is 0 Å². The Kier molecular flexibility index (Phi) is 4.01. The lowest BCUT2D eigenvalue weighted by atomic mass is 10.2. The van der Waals surface area contributed by atoms with Gasteiger partial charge >= 0.3 is 0 Å². The van der Waals surface area contributed by atoms with Gasteiger partial charge in [0, 0.05) is 12.8 Å². The van der Waals surface area contributed by atoms with Crippen LogP contribution < -0.4 is 5.32 Å². The van der Waals surface area contributed by atoms with Crippen LogP contribution in [0.1, 0.15) is 12.8 Å². The summed E-state index contributed by atoms with van der Waals surface area (Å²) in [5, 5.41) is 18.1. The smallest absolute Gasteiger partial charge is 0.295 e. The molecule has 1 atom stereocenters. The molecule has 0 radical (unpaired) electrons. The van der Waals surface area contributed by atoms with Gasteiger partial charge in [0.2, 0.25) is 0 Å². The lowest BCUT2D eigenvalue weighted by molar-refractivity contribution is -0.384. The fraction of sp³-hybridized carbons (Fsp3) is 0.357. The summed E-state index contributed by atoms with van der Waals surface area (Å²) in [4.78, 5) is 10.3. The number of hydrogen-bond acceptors (Lipinski definition) is 5. The van der Waals surface area contributed by atoms with E-state index in [1.54, 1.807) is 17.1 Å². The predicted molar refractivity (Wildman–Crippen MR) is 77.5 cm³/mol. The molecule has 0 amide bonds. The largest absolute Gasteiger partial charge is 0.376 e. The van der Waals surface area contributed by atoms with Gasteiger partial charge in [0.15, 0.2) is 0 Å². The maximum Gasteiger partial charge on any atom is 0.295 e. The van der Waals surface area contributed by atoms with Crippen molar-refractivity contribution in [2.75, 3.05) is 11.9 Å². The highest BCUT2D eigenvalue weighted by atomic mass is 19.1. The van der Waals surface area contributed by atoms with Crippen LogP contribution in [-0.2, 0) is 11.3 Å². The molecule has 8 heteroatoms. The summed E-state index contributed by atoms with van der Waals surface area (Å²) in [7, 11) is 0. The van der Waals surface area contributed by atoms with E-state index in [4.69, 9.17) is 4.74 Å². The fourth-order valence-electron chi connectivity index (χ4n) is 2.44. The number of aromatic nitrogens is 2. The van der Waals surface area contributed by atoms with E-state index < -0.39 is 10.7 Å². The number of nitro benzene ring substituents is 1. The normalized spacial score (nSPS) is 17.6. The van der Waals surface area contributed by atoms with Crippen molar-refractivity contribution in [3.05, 3.63) is 46.5 Å². The molecule has 2 aromatic rings. The lowest BCUT2D eigenvalue weighted by Crippen LogP contribution is -2.15. The Labute approximate surface area is 125 Å². The zero-order valence-electron chi connectivity index (χ0n) is 11.7. The van der Waals surface area contributed by atoms with Crippen molar-refractivity contribution in [1.82, 2.24) is 9.78 Å². The Hall–Kier alpha value is -2.48. The number of benzene rings is 1. The van der Waals surface area contributed by atoms with Gasteiger partial charge < -0.3 is 10.1 Å². The van der Waals surface area contributed by atoms with Crippen molar-refractivity contribution in [1.29, 1.82) is 0 Å². The van der Waals surface area contributed by atoms with E-state index in [1.165, 1.54) is 12.1 Å². The molecule has 1 N–H and O–H groups in total.